The Morgan fingerprint density at radius 3 is 2.19 bits per heavy atom. The average Bonchev–Trinajstić information content (AvgIpc) is 3.17. The van der Waals surface area contributed by atoms with Crippen LogP contribution in [0.3, 0.4) is 0 Å². The summed E-state index contributed by atoms with van der Waals surface area (Å²) in [4.78, 5) is 3.32. The second-order valence-corrected chi connectivity index (χ2v) is 9.75. The first-order valence-corrected chi connectivity index (χ1v) is 9.53. The molecule has 0 saturated heterocycles. The van der Waals surface area contributed by atoms with Crippen LogP contribution in [-0.4, -0.2) is 30.0 Å². The van der Waals surface area contributed by atoms with Crippen LogP contribution < -0.4 is 0 Å². The molecule has 3 aromatic heterocycles. The number of azo groups is 1. The lowest BCUT2D eigenvalue weighted by molar-refractivity contribution is 0.555. The molecule has 0 aliphatic heterocycles. The van der Waals surface area contributed by atoms with E-state index in [1.54, 1.807) is 4.63 Å². The van der Waals surface area contributed by atoms with Gasteiger partial charge in [-0.1, -0.05) is 66.7 Å². The van der Waals surface area contributed by atoms with Gasteiger partial charge in [0.2, 0.25) is 0 Å². The average molecular weight is 375 g/mol. The lowest BCUT2D eigenvalue weighted by atomic mass is 9.91. The van der Waals surface area contributed by atoms with Crippen molar-refractivity contribution in [2.45, 2.75) is 72.1 Å². The number of aromatic nitrogens is 6. The molecule has 0 amide bonds. The van der Waals surface area contributed by atoms with E-state index in [4.69, 9.17) is 0 Å². The highest BCUT2D eigenvalue weighted by Gasteiger charge is 2.27. The molecule has 0 fully saturated rings. The molecule has 0 radical (unpaired) electrons. The molecule has 0 aliphatic rings. The Morgan fingerprint density at radius 2 is 1.65 bits per heavy atom. The molecule has 3 rings (SSSR count). The fraction of sp³-hybridized carbons (Fsp3) is 0.647. The summed E-state index contributed by atoms with van der Waals surface area (Å²) in [7, 11) is 0. The quantitative estimate of drug-likeness (QED) is 0.649. The van der Waals surface area contributed by atoms with E-state index in [1.807, 2.05) is 0 Å². The first-order chi connectivity index (χ1) is 12.0. The second kappa shape index (κ2) is 6.22. The largest absolute Gasteiger partial charge is 0.323 e. The first kappa shape index (κ1) is 18.6. The van der Waals surface area contributed by atoms with Crippen molar-refractivity contribution < 1.29 is 0 Å². The van der Waals surface area contributed by atoms with Gasteiger partial charge in [0.25, 0.3) is 5.13 Å². The van der Waals surface area contributed by atoms with E-state index in [2.05, 4.69) is 91.0 Å². The summed E-state index contributed by atoms with van der Waals surface area (Å²) >= 11 is 1.45. The molecule has 3 heterocycles. The number of nitrogens with one attached hydrogen (secondary N) is 1. The number of rotatable bonds is 3. The van der Waals surface area contributed by atoms with Gasteiger partial charge in [0, 0.05) is 16.7 Å². The highest BCUT2D eigenvalue weighted by atomic mass is 32.1. The van der Waals surface area contributed by atoms with Gasteiger partial charge in [0.1, 0.15) is 10.8 Å². The number of H-pyrrole nitrogens is 1. The lowest BCUT2D eigenvalue weighted by Crippen LogP contribution is -2.12. The predicted octanol–water partition coefficient (Wildman–Crippen LogP) is 5.04. The van der Waals surface area contributed by atoms with Crippen LogP contribution in [0.4, 0.5) is 10.8 Å². The molecule has 0 aromatic carbocycles. The minimum atomic E-state index is -0.182. The van der Waals surface area contributed by atoms with Gasteiger partial charge >= 0.3 is 0 Å². The summed E-state index contributed by atoms with van der Waals surface area (Å²) in [6.07, 6.45) is 0. The van der Waals surface area contributed by atoms with E-state index >= 15 is 0 Å². The Morgan fingerprint density at radius 1 is 0.962 bits per heavy atom. The van der Waals surface area contributed by atoms with Crippen LogP contribution >= 0.6 is 11.3 Å². The van der Waals surface area contributed by atoms with Crippen LogP contribution in [0.25, 0.3) is 5.65 Å². The highest BCUT2D eigenvalue weighted by molar-refractivity contribution is 7.15. The van der Waals surface area contributed by atoms with Crippen molar-refractivity contribution in [2.75, 3.05) is 0 Å². The SMILES string of the molecule is CC(C)c1nn2nc(C(C)(C)C)c(N=Nc3nnc(C(C)(C)C)s3)c2[nH]1. The molecule has 0 saturated carbocycles. The normalized spacial score (nSPS) is 13.6. The molecular weight excluding hydrogens is 348 g/mol. The second-order valence-electron chi connectivity index (χ2n) is 8.79. The van der Waals surface area contributed by atoms with Crippen LogP contribution in [0, 0.1) is 0 Å². The molecule has 140 valence electrons. The Hall–Kier alpha value is -2.16. The topological polar surface area (TPSA) is 96.5 Å². The summed E-state index contributed by atoms with van der Waals surface area (Å²) < 4.78 is 1.62. The molecule has 0 spiro atoms. The molecule has 0 aliphatic carbocycles. The number of hydrogen-bond donors (Lipinski definition) is 1. The van der Waals surface area contributed by atoms with Crippen LogP contribution in [0.5, 0.6) is 0 Å². The molecule has 26 heavy (non-hydrogen) atoms. The Kier molecular flexibility index (Phi) is 4.46. The van der Waals surface area contributed by atoms with Gasteiger partial charge in [-0.15, -0.1) is 30.2 Å². The standard InChI is InChI=1S/C17H26N8S/c1-9(2)12-18-13-10(11(16(3,4)5)23-25(13)24-12)19-21-15-22-20-14(26-15)17(6,7)8/h9H,1-8H3,(H,18,24). The predicted molar refractivity (Wildman–Crippen MR) is 103 cm³/mol. The Bertz CT molecular complexity index is 946. The Balaban J connectivity index is 2.05. The molecule has 0 atom stereocenters. The van der Waals surface area contributed by atoms with Gasteiger partial charge in [-0.3, -0.25) is 0 Å². The smallest absolute Gasteiger partial charge is 0.251 e. The van der Waals surface area contributed by atoms with Crippen molar-refractivity contribution in [1.29, 1.82) is 0 Å². The number of aromatic amines is 1. The zero-order chi connectivity index (χ0) is 19.3. The molecular formula is C17H26N8S. The van der Waals surface area contributed by atoms with Gasteiger partial charge in [0.05, 0.1) is 5.69 Å². The van der Waals surface area contributed by atoms with E-state index in [9.17, 15) is 0 Å². The van der Waals surface area contributed by atoms with Crippen molar-refractivity contribution in [2.24, 2.45) is 10.2 Å². The van der Waals surface area contributed by atoms with Gasteiger partial charge in [-0.2, -0.15) is 5.10 Å². The van der Waals surface area contributed by atoms with E-state index in [0.29, 0.717) is 10.8 Å². The van der Waals surface area contributed by atoms with E-state index in [0.717, 1.165) is 22.2 Å². The summed E-state index contributed by atoms with van der Waals surface area (Å²) in [6.45, 7) is 16.8. The third-order valence-corrected chi connectivity index (χ3v) is 5.07. The van der Waals surface area contributed by atoms with Crippen molar-refractivity contribution in [1.82, 2.24) is 30.0 Å². The van der Waals surface area contributed by atoms with Gasteiger partial charge in [-0.05, 0) is 0 Å². The summed E-state index contributed by atoms with van der Waals surface area (Å²) in [5.74, 6) is 1.15. The number of hydrogen-bond acceptors (Lipinski definition) is 7. The zero-order valence-corrected chi connectivity index (χ0v) is 17.4. The molecule has 9 heteroatoms. The minimum Gasteiger partial charge on any atom is -0.323 e. The third kappa shape index (κ3) is 3.53. The molecule has 8 nitrogen and oxygen atoms in total. The van der Waals surface area contributed by atoms with Crippen molar-refractivity contribution in [3.05, 3.63) is 16.5 Å². The van der Waals surface area contributed by atoms with Crippen LogP contribution in [0.15, 0.2) is 10.2 Å². The monoisotopic (exact) mass is 374 g/mol. The number of fused-ring (bicyclic) bond motifs is 1. The van der Waals surface area contributed by atoms with Gasteiger partial charge in [0.15, 0.2) is 11.3 Å². The van der Waals surface area contributed by atoms with Crippen LogP contribution in [-0.2, 0) is 10.8 Å². The van der Waals surface area contributed by atoms with Gasteiger partial charge < -0.3 is 4.98 Å². The maximum absolute atomic E-state index is 4.63. The van der Waals surface area contributed by atoms with Gasteiger partial charge in [-0.25, -0.2) is 0 Å². The molecule has 1 N–H and O–H groups in total. The summed E-state index contributed by atoms with van der Waals surface area (Å²) in [5.41, 5.74) is 2.06. The van der Waals surface area contributed by atoms with E-state index in [1.165, 1.54) is 11.3 Å². The third-order valence-electron chi connectivity index (χ3n) is 3.84. The minimum absolute atomic E-state index is 0.0530. The maximum atomic E-state index is 4.63. The maximum Gasteiger partial charge on any atom is 0.251 e. The zero-order valence-electron chi connectivity index (χ0n) is 16.6. The molecule has 0 bridgehead atoms. The lowest BCUT2D eigenvalue weighted by Gasteiger charge is -2.15. The first-order valence-electron chi connectivity index (χ1n) is 8.72. The fourth-order valence-electron chi connectivity index (χ4n) is 2.34. The fourth-order valence-corrected chi connectivity index (χ4v) is 3.06. The Labute approximate surface area is 157 Å². The summed E-state index contributed by atoms with van der Waals surface area (Å²) in [6, 6.07) is 0. The van der Waals surface area contributed by atoms with E-state index in [-0.39, 0.29) is 16.7 Å². The highest BCUT2D eigenvalue weighted by Crippen LogP contribution is 2.36. The molecule has 0 unspecified atom stereocenters. The number of nitrogens with zero attached hydrogens (tertiary/aromatic N) is 7. The van der Waals surface area contributed by atoms with E-state index < -0.39 is 0 Å². The van der Waals surface area contributed by atoms with Crippen LogP contribution in [0.1, 0.15) is 77.8 Å². The molecule has 3 aromatic rings. The van der Waals surface area contributed by atoms with Crippen molar-refractivity contribution in [3.63, 3.8) is 0 Å². The van der Waals surface area contributed by atoms with Crippen LogP contribution in [0.2, 0.25) is 0 Å². The van der Waals surface area contributed by atoms with Crippen molar-refractivity contribution in [3.8, 4) is 0 Å². The van der Waals surface area contributed by atoms with Crippen molar-refractivity contribution >= 4 is 27.8 Å². The summed E-state index contributed by atoms with van der Waals surface area (Å²) in [5, 5.41) is 27.8.